The predicted molar refractivity (Wildman–Crippen MR) is 87.0 cm³/mol. The molecule has 0 saturated carbocycles. The van der Waals surface area contributed by atoms with E-state index in [1.165, 1.54) is 11.3 Å². The van der Waals surface area contributed by atoms with Crippen LogP contribution < -0.4 is 11.2 Å². The summed E-state index contributed by atoms with van der Waals surface area (Å²) < 4.78 is 44.9. The lowest BCUT2D eigenvalue weighted by Crippen LogP contribution is -2.41. The molecule has 0 aliphatic rings. The number of fused-ring (bicyclic) bond motifs is 1. The number of rotatable bonds is 6. The molecule has 0 aliphatic carbocycles. The summed E-state index contributed by atoms with van der Waals surface area (Å²) in [4.78, 5) is 26.3. The first-order valence-corrected chi connectivity index (χ1v) is 8.36. The van der Waals surface area contributed by atoms with Gasteiger partial charge in [0.05, 0.1) is 25.0 Å². The first kappa shape index (κ1) is 18.7. The van der Waals surface area contributed by atoms with Gasteiger partial charge in [-0.25, -0.2) is 4.79 Å². The minimum Gasteiger partial charge on any atom is -0.380 e. The van der Waals surface area contributed by atoms with E-state index < -0.39 is 30.4 Å². The van der Waals surface area contributed by atoms with Crippen LogP contribution in [0.3, 0.4) is 0 Å². The molecule has 0 spiro atoms. The Morgan fingerprint density at radius 1 is 1.12 bits per heavy atom. The van der Waals surface area contributed by atoms with Gasteiger partial charge in [0, 0.05) is 18.0 Å². The van der Waals surface area contributed by atoms with Crippen LogP contribution in [0.25, 0.3) is 10.2 Å². The average Bonchev–Trinajstić information content (AvgIpc) is 2.77. The van der Waals surface area contributed by atoms with Crippen molar-refractivity contribution < 1.29 is 17.9 Å². The van der Waals surface area contributed by atoms with E-state index in [1.54, 1.807) is 20.8 Å². The Bertz CT molecular complexity index is 849. The molecule has 0 bridgehead atoms. The van der Waals surface area contributed by atoms with Crippen LogP contribution in [0.1, 0.15) is 23.8 Å². The van der Waals surface area contributed by atoms with Gasteiger partial charge in [-0.2, -0.15) is 13.2 Å². The quantitative estimate of drug-likeness (QED) is 0.741. The smallest absolute Gasteiger partial charge is 0.380 e. The first-order chi connectivity index (χ1) is 11.2. The van der Waals surface area contributed by atoms with Crippen LogP contribution in [0.4, 0.5) is 13.2 Å². The van der Waals surface area contributed by atoms with Crippen LogP contribution >= 0.6 is 11.3 Å². The van der Waals surface area contributed by atoms with E-state index in [4.69, 9.17) is 4.74 Å². The lowest BCUT2D eigenvalue weighted by molar-refractivity contribution is -0.136. The molecule has 0 saturated heterocycles. The molecule has 0 aliphatic heterocycles. The van der Waals surface area contributed by atoms with Crippen LogP contribution in [-0.4, -0.2) is 28.5 Å². The predicted octanol–water partition coefficient (Wildman–Crippen LogP) is 2.83. The van der Waals surface area contributed by atoms with Crippen molar-refractivity contribution in [2.24, 2.45) is 0 Å². The molecule has 2 aromatic heterocycles. The Morgan fingerprint density at radius 3 is 2.38 bits per heavy atom. The van der Waals surface area contributed by atoms with Crippen molar-refractivity contribution in [3.63, 3.8) is 0 Å². The Hall–Kier alpha value is -1.61. The van der Waals surface area contributed by atoms with Crippen molar-refractivity contribution in [2.45, 2.75) is 46.5 Å². The molecule has 0 N–H and O–H groups in total. The molecule has 0 fully saturated rings. The van der Waals surface area contributed by atoms with Gasteiger partial charge >= 0.3 is 11.9 Å². The van der Waals surface area contributed by atoms with Gasteiger partial charge in [0.25, 0.3) is 5.56 Å². The molecule has 134 valence electrons. The number of aryl methyl sites for hydroxylation is 3. The van der Waals surface area contributed by atoms with Crippen molar-refractivity contribution in [1.82, 2.24) is 9.13 Å². The Morgan fingerprint density at radius 2 is 1.79 bits per heavy atom. The number of hydrogen-bond donors (Lipinski definition) is 0. The summed E-state index contributed by atoms with van der Waals surface area (Å²) in [5, 5.41) is 0.316. The van der Waals surface area contributed by atoms with Gasteiger partial charge in [-0.05, 0) is 26.3 Å². The number of alkyl halides is 3. The highest BCUT2D eigenvalue weighted by Crippen LogP contribution is 2.28. The molecule has 0 aromatic carbocycles. The van der Waals surface area contributed by atoms with Crippen molar-refractivity contribution >= 4 is 21.6 Å². The summed E-state index contributed by atoms with van der Waals surface area (Å²) in [6, 6.07) is 0. The molecule has 2 heterocycles. The molecule has 2 aromatic rings. The van der Waals surface area contributed by atoms with Crippen LogP contribution in [0.15, 0.2) is 9.59 Å². The fraction of sp³-hybridized carbons (Fsp3) is 0.600. The van der Waals surface area contributed by atoms with Gasteiger partial charge in [-0.15, -0.1) is 11.3 Å². The average molecular weight is 364 g/mol. The summed E-state index contributed by atoms with van der Waals surface area (Å²) >= 11 is 1.17. The van der Waals surface area contributed by atoms with Gasteiger partial charge < -0.3 is 4.74 Å². The zero-order valence-electron chi connectivity index (χ0n) is 13.7. The second-order valence-electron chi connectivity index (χ2n) is 5.42. The van der Waals surface area contributed by atoms with Gasteiger partial charge in [-0.3, -0.25) is 13.9 Å². The summed E-state index contributed by atoms with van der Waals surface area (Å²) in [5.74, 6) is 0. The summed E-state index contributed by atoms with van der Waals surface area (Å²) in [7, 11) is 0. The molecule has 0 radical (unpaired) electrons. The molecular formula is C15H19F3N2O3S. The maximum atomic E-state index is 12.6. The van der Waals surface area contributed by atoms with E-state index in [0.29, 0.717) is 22.4 Å². The van der Waals surface area contributed by atoms with Crippen LogP contribution in [0.5, 0.6) is 0 Å². The van der Waals surface area contributed by atoms with Crippen LogP contribution in [0, 0.1) is 13.8 Å². The number of halogens is 3. The van der Waals surface area contributed by atoms with Gasteiger partial charge in [0.1, 0.15) is 4.83 Å². The fourth-order valence-corrected chi connectivity index (χ4v) is 3.61. The molecule has 2 rings (SSSR count). The molecule has 0 amide bonds. The van der Waals surface area contributed by atoms with Crippen molar-refractivity contribution in [3.05, 3.63) is 31.3 Å². The maximum Gasteiger partial charge on any atom is 0.390 e. The number of nitrogens with zero attached hydrogens (tertiary/aromatic N) is 2. The van der Waals surface area contributed by atoms with E-state index in [1.807, 2.05) is 0 Å². The second kappa shape index (κ2) is 7.10. The number of hydrogen-bond acceptors (Lipinski definition) is 4. The topological polar surface area (TPSA) is 53.2 Å². The lowest BCUT2D eigenvalue weighted by Gasteiger charge is -2.13. The van der Waals surface area contributed by atoms with Crippen molar-refractivity contribution in [3.8, 4) is 0 Å². The largest absolute Gasteiger partial charge is 0.390 e. The number of thiophene rings is 1. The Kier molecular flexibility index (Phi) is 5.54. The van der Waals surface area contributed by atoms with E-state index in [-0.39, 0.29) is 13.2 Å². The number of aromatic nitrogens is 2. The zero-order chi connectivity index (χ0) is 18.1. The van der Waals surface area contributed by atoms with Gasteiger partial charge in [0.2, 0.25) is 0 Å². The Balaban J connectivity index is 2.63. The minimum atomic E-state index is -4.38. The second-order valence-corrected chi connectivity index (χ2v) is 6.62. The summed E-state index contributed by atoms with van der Waals surface area (Å²) in [5.41, 5.74) is -0.497. The standard InChI is InChI=1S/C15H19F3N2O3S/c1-4-23-8-7-19-12(21)11-9(2)10(3)24-13(11)20(14(19)22)6-5-15(16,17)18/h4-8H2,1-3H3. The van der Waals surface area contributed by atoms with E-state index in [0.717, 1.165) is 14.0 Å². The molecule has 5 nitrogen and oxygen atoms in total. The zero-order valence-corrected chi connectivity index (χ0v) is 14.5. The normalized spacial score (nSPS) is 12.2. The molecular weight excluding hydrogens is 345 g/mol. The van der Waals surface area contributed by atoms with Crippen molar-refractivity contribution in [2.75, 3.05) is 13.2 Å². The van der Waals surface area contributed by atoms with Crippen molar-refractivity contribution in [1.29, 1.82) is 0 Å². The molecule has 0 atom stereocenters. The third-order valence-corrected chi connectivity index (χ3v) is 5.05. The Labute approximate surface area is 140 Å². The van der Waals surface area contributed by atoms with E-state index >= 15 is 0 Å². The van der Waals surface area contributed by atoms with E-state index in [9.17, 15) is 22.8 Å². The third-order valence-electron chi connectivity index (χ3n) is 3.81. The lowest BCUT2D eigenvalue weighted by atomic mass is 10.2. The maximum absolute atomic E-state index is 12.6. The highest BCUT2D eigenvalue weighted by molar-refractivity contribution is 7.18. The van der Waals surface area contributed by atoms with Crippen LogP contribution in [0.2, 0.25) is 0 Å². The molecule has 24 heavy (non-hydrogen) atoms. The first-order valence-electron chi connectivity index (χ1n) is 7.55. The van der Waals surface area contributed by atoms with Gasteiger partial charge in [-0.1, -0.05) is 0 Å². The highest BCUT2D eigenvalue weighted by Gasteiger charge is 2.28. The summed E-state index contributed by atoms with van der Waals surface area (Å²) in [6.07, 6.45) is -5.50. The minimum absolute atomic E-state index is 0.0157. The third kappa shape index (κ3) is 3.72. The fourth-order valence-electron chi connectivity index (χ4n) is 2.44. The monoisotopic (exact) mass is 364 g/mol. The molecule has 0 unspecified atom stereocenters. The molecule has 9 heteroatoms. The number of ether oxygens (including phenoxy) is 1. The summed E-state index contributed by atoms with van der Waals surface area (Å²) in [6.45, 7) is 5.38. The van der Waals surface area contributed by atoms with E-state index in [2.05, 4.69) is 0 Å². The van der Waals surface area contributed by atoms with Crippen LogP contribution in [-0.2, 0) is 17.8 Å². The van der Waals surface area contributed by atoms with Gasteiger partial charge in [0.15, 0.2) is 0 Å². The highest BCUT2D eigenvalue weighted by atomic mass is 32.1. The SMILES string of the molecule is CCOCCn1c(=O)c2c(C)c(C)sc2n(CCC(F)(F)F)c1=O.